The highest BCUT2D eigenvalue weighted by atomic mass is 14.3. The van der Waals surface area contributed by atoms with Gasteiger partial charge in [0.05, 0.1) is 0 Å². The minimum absolute atomic E-state index is 0.875. The molecule has 96 valence electrons. The van der Waals surface area contributed by atoms with E-state index in [1.165, 1.54) is 38.5 Å². The monoisotopic (exact) mass is 224 g/mol. The lowest BCUT2D eigenvalue weighted by Gasteiger charge is -2.33. The summed E-state index contributed by atoms with van der Waals surface area (Å²) in [6.07, 6.45) is 8.91. The van der Waals surface area contributed by atoms with E-state index in [9.17, 15) is 0 Å². The SMILES string of the molecule is CC(C)CC(C)CC1CCCC(C(C)C)C1. The molecule has 0 aromatic heterocycles. The Balaban J connectivity index is 2.31. The van der Waals surface area contributed by atoms with Gasteiger partial charge in [0, 0.05) is 0 Å². The van der Waals surface area contributed by atoms with Crippen molar-refractivity contribution < 1.29 is 0 Å². The maximum atomic E-state index is 2.46. The van der Waals surface area contributed by atoms with Gasteiger partial charge in [0.15, 0.2) is 0 Å². The molecule has 0 saturated heterocycles. The third-order valence-electron chi connectivity index (χ3n) is 4.38. The van der Waals surface area contributed by atoms with Crippen molar-refractivity contribution in [3.05, 3.63) is 0 Å². The van der Waals surface area contributed by atoms with Gasteiger partial charge in [0.1, 0.15) is 0 Å². The summed E-state index contributed by atoms with van der Waals surface area (Å²) in [6.45, 7) is 12.0. The highest BCUT2D eigenvalue weighted by Gasteiger charge is 2.25. The van der Waals surface area contributed by atoms with Gasteiger partial charge in [-0.25, -0.2) is 0 Å². The maximum Gasteiger partial charge on any atom is -0.0388 e. The van der Waals surface area contributed by atoms with E-state index in [1.807, 2.05) is 0 Å². The van der Waals surface area contributed by atoms with Crippen molar-refractivity contribution in [1.29, 1.82) is 0 Å². The van der Waals surface area contributed by atoms with Crippen LogP contribution < -0.4 is 0 Å². The van der Waals surface area contributed by atoms with Crippen LogP contribution in [0.5, 0.6) is 0 Å². The van der Waals surface area contributed by atoms with E-state index >= 15 is 0 Å². The molecule has 0 heteroatoms. The molecule has 16 heavy (non-hydrogen) atoms. The molecule has 1 aliphatic carbocycles. The first kappa shape index (κ1) is 14.1. The highest BCUT2D eigenvalue weighted by Crippen LogP contribution is 2.37. The second kappa shape index (κ2) is 6.67. The maximum absolute atomic E-state index is 2.46. The Bertz CT molecular complexity index is 180. The molecule has 0 aromatic carbocycles. The second-order valence-corrected chi connectivity index (χ2v) is 7.01. The van der Waals surface area contributed by atoms with E-state index < -0.39 is 0 Å². The van der Waals surface area contributed by atoms with Crippen molar-refractivity contribution in [2.24, 2.45) is 29.6 Å². The van der Waals surface area contributed by atoms with Gasteiger partial charge in [0.2, 0.25) is 0 Å². The summed E-state index contributed by atoms with van der Waals surface area (Å²) in [5.74, 6) is 4.78. The fraction of sp³-hybridized carbons (Fsp3) is 1.00. The quantitative estimate of drug-likeness (QED) is 0.576. The lowest BCUT2D eigenvalue weighted by atomic mass is 9.73. The molecule has 0 aromatic rings. The van der Waals surface area contributed by atoms with Crippen LogP contribution in [0.2, 0.25) is 0 Å². The standard InChI is InChI=1S/C16H32/c1-12(2)9-14(5)10-15-7-6-8-16(11-15)13(3)4/h12-16H,6-11H2,1-5H3. The van der Waals surface area contributed by atoms with Gasteiger partial charge in [-0.15, -0.1) is 0 Å². The Kier molecular flexibility index (Phi) is 5.86. The van der Waals surface area contributed by atoms with E-state index in [2.05, 4.69) is 34.6 Å². The average Bonchev–Trinajstić information content (AvgIpc) is 2.16. The van der Waals surface area contributed by atoms with E-state index in [4.69, 9.17) is 0 Å². The Hall–Kier alpha value is 0. The van der Waals surface area contributed by atoms with Crippen molar-refractivity contribution in [3.8, 4) is 0 Å². The van der Waals surface area contributed by atoms with Gasteiger partial charge in [0.25, 0.3) is 0 Å². The minimum atomic E-state index is 0.875. The summed E-state index contributed by atoms with van der Waals surface area (Å²) >= 11 is 0. The van der Waals surface area contributed by atoms with Crippen LogP contribution in [0.15, 0.2) is 0 Å². The second-order valence-electron chi connectivity index (χ2n) is 7.01. The first-order valence-corrected chi connectivity index (χ1v) is 7.49. The summed E-state index contributed by atoms with van der Waals surface area (Å²) in [7, 11) is 0. The molecule has 3 atom stereocenters. The van der Waals surface area contributed by atoms with Crippen molar-refractivity contribution in [2.45, 2.75) is 73.1 Å². The van der Waals surface area contributed by atoms with E-state index in [0.29, 0.717) is 0 Å². The molecule has 0 amide bonds. The van der Waals surface area contributed by atoms with E-state index in [0.717, 1.165) is 29.6 Å². The Morgan fingerprint density at radius 1 is 1.00 bits per heavy atom. The van der Waals surface area contributed by atoms with Crippen molar-refractivity contribution in [2.75, 3.05) is 0 Å². The Morgan fingerprint density at radius 3 is 2.25 bits per heavy atom. The molecule has 0 aliphatic heterocycles. The lowest BCUT2D eigenvalue weighted by molar-refractivity contribution is 0.186. The van der Waals surface area contributed by atoms with Crippen LogP contribution >= 0.6 is 0 Å². The molecule has 0 heterocycles. The molecule has 1 fully saturated rings. The van der Waals surface area contributed by atoms with Crippen molar-refractivity contribution >= 4 is 0 Å². The summed E-state index contributed by atoms with van der Waals surface area (Å²) in [5.41, 5.74) is 0. The zero-order chi connectivity index (χ0) is 12.1. The molecule has 0 N–H and O–H groups in total. The van der Waals surface area contributed by atoms with Crippen molar-refractivity contribution in [3.63, 3.8) is 0 Å². The highest BCUT2D eigenvalue weighted by molar-refractivity contribution is 4.76. The minimum Gasteiger partial charge on any atom is -0.0628 e. The summed E-state index contributed by atoms with van der Waals surface area (Å²) in [5, 5.41) is 0. The molecular weight excluding hydrogens is 192 g/mol. The summed E-state index contributed by atoms with van der Waals surface area (Å²) < 4.78 is 0. The molecule has 0 radical (unpaired) electrons. The molecule has 0 bridgehead atoms. The van der Waals surface area contributed by atoms with E-state index in [-0.39, 0.29) is 0 Å². The van der Waals surface area contributed by atoms with Crippen LogP contribution in [-0.4, -0.2) is 0 Å². The largest absolute Gasteiger partial charge is 0.0628 e. The molecule has 1 aliphatic rings. The number of rotatable bonds is 5. The van der Waals surface area contributed by atoms with Gasteiger partial charge in [-0.05, 0) is 48.9 Å². The molecule has 1 saturated carbocycles. The van der Waals surface area contributed by atoms with Gasteiger partial charge in [-0.1, -0.05) is 53.9 Å². The lowest BCUT2D eigenvalue weighted by Crippen LogP contribution is -2.21. The molecular formula is C16H32. The van der Waals surface area contributed by atoms with Gasteiger partial charge < -0.3 is 0 Å². The third kappa shape index (κ3) is 4.89. The molecule has 1 rings (SSSR count). The number of hydrogen-bond donors (Lipinski definition) is 0. The Labute approximate surface area is 103 Å². The first-order chi connectivity index (χ1) is 7.49. The topological polar surface area (TPSA) is 0 Å². The van der Waals surface area contributed by atoms with Crippen LogP contribution in [-0.2, 0) is 0 Å². The van der Waals surface area contributed by atoms with Crippen LogP contribution in [0, 0.1) is 29.6 Å². The number of hydrogen-bond acceptors (Lipinski definition) is 0. The average molecular weight is 224 g/mol. The van der Waals surface area contributed by atoms with E-state index in [1.54, 1.807) is 0 Å². The summed E-state index contributed by atoms with van der Waals surface area (Å²) in [6, 6.07) is 0. The first-order valence-electron chi connectivity index (χ1n) is 7.49. The van der Waals surface area contributed by atoms with Gasteiger partial charge >= 0.3 is 0 Å². The predicted octanol–water partition coefficient (Wildman–Crippen LogP) is 5.52. The van der Waals surface area contributed by atoms with Crippen LogP contribution in [0.3, 0.4) is 0 Å². The molecule has 0 nitrogen and oxygen atoms in total. The smallest absolute Gasteiger partial charge is 0.0388 e. The third-order valence-corrected chi connectivity index (χ3v) is 4.38. The Morgan fingerprint density at radius 2 is 1.69 bits per heavy atom. The van der Waals surface area contributed by atoms with Gasteiger partial charge in [-0.2, -0.15) is 0 Å². The van der Waals surface area contributed by atoms with Crippen LogP contribution in [0.25, 0.3) is 0 Å². The zero-order valence-corrected chi connectivity index (χ0v) is 12.1. The van der Waals surface area contributed by atoms with Gasteiger partial charge in [-0.3, -0.25) is 0 Å². The fourth-order valence-electron chi connectivity index (χ4n) is 3.62. The molecule has 3 unspecified atom stereocenters. The van der Waals surface area contributed by atoms with Crippen LogP contribution in [0.4, 0.5) is 0 Å². The normalized spacial score (nSPS) is 28.7. The van der Waals surface area contributed by atoms with Crippen molar-refractivity contribution in [1.82, 2.24) is 0 Å². The summed E-state index contributed by atoms with van der Waals surface area (Å²) in [4.78, 5) is 0. The molecule has 0 spiro atoms. The van der Waals surface area contributed by atoms with Crippen LogP contribution in [0.1, 0.15) is 73.1 Å². The zero-order valence-electron chi connectivity index (χ0n) is 12.1. The fourth-order valence-corrected chi connectivity index (χ4v) is 3.62. The predicted molar refractivity (Wildman–Crippen MR) is 73.5 cm³/mol.